The van der Waals surface area contributed by atoms with Crippen LogP contribution >= 0.6 is 0 Å². The zero-order chi connectivity index (χ0) is 16.9. The van der Waals surface area contributed by atoms with Crippen molar-refractivity contribution in [3.63, 3.8) is 0 Å². The van der Waals surface area contributed by atoms with E-state index in [0.29, 0.717) is 24.7 Å². The minimum atomic E-state index is -4.39. The Labute approximate surface area is 131 Å². The molecule has 2 N–H and O–H groups in total. The van der Waals surface area contributed by atoms with E-state index in [1.54, 1.807) is 20.1 Å². The molecule has 1 heterocycles. The third kappa shape index (κ3) is 5.10. The highest BCUT2D eigenvalue weighted by molar-refractivity contribution is 5.56. The van der Waals surface area contributed by atoms with Crippen LogP contribution in [0, 0.1) is 6.92 Å². The monoisotopic (exact) mass is 326 g/mol. The molecule has 1 aromatic heterocycles. The third-order valence-electron chi connectivity index (χ3n) is 2.91. The maximum absolute atomic E-state index is 12.7. The number of anilines is 3. The average molecular weight is 326 g/mol. The number of aromatic nitrogens is 2. The molecule has 5 nitrogen and oxygen atoms in total. The van der Waals surface area contributed by atoms with Gasteiger partial charge in [0, 0.05) is 31.1 Å². The van der Waals surface area contributed by atoms with Crippen molar-refractivity contribution in [3.8, 4) is 0 Å². The Hall–Kier alpha value is -2.35. The van der Waals surface area contributed by atoms with Crippen LogP contribution in [0.2, 0.25) is 0 Å². The molecule has 0 spiro atoms. The van der Waals surface area contributed by atoms with Crippen LogP contribution in [0.1, 0.15) is 11.3 Å². The van der Waals surface area contributed by atoms with Crippen molar-refractivity contribution < 1.29 is 17.9 Å². The first-order valence-corrected chi connectivity index (χ1v) is 6.91. The summed E-state index contributed by atoms with van der Waals surface area (Å²) in [7, 11) is 1.59. The van der Waals surface area contributed by atoms with Crippen LogP contribution in [0.3, 0.4) is 0 Å². The van der Waals surface area contributed by atoms with Crippen molar-refractivity contribution in [1.29, 1.82) is 0 Å². The van der Waals surface area contributed by atoms with E-state index in [2.05, 4.69) is 20.6 Å². The molecule has 1 aromatic carbocycles. The fourth-order valence-corrected chi connectivity index (χ4v) is 1.90. The molecular weight excluding hydrogens is 309 g/mol. The van der Waals surface area contributed by atoms with Gasteiger partial charge in [-0.05, 0) is 25.1 Å². The van der Waals surface area contributed by atoms with Crippen LogP contribution in [-0.2, 0) is 10.9 Å². The second kappa shape index (κ2) is 7.28. The van der Waals surface area contributed by atoms with Gasteiger partial charge in [-0.25, -0.2) is 4.98 Å². The van der Waals surface area contributed by atoms with Crippen LogP contribution in [0.25, 0.3) is 0 Å². The number of nitrogens with zero attached hydrogens (tertiary/aromatic N) is 2. The number of aryl methyl sites for hydroxylation is 1. The fraction of sp³-hybridized carbons (Fsp3) is 0.333. The molecule has 0 aliphatic rings. The van der Waals surface area contributed by atoms with Gasteiger partial charge in [0.1, 0.15) is 5.82 Å². The number of ether oxygens (including phenoxy) is 1. The SMILES string of the molecule is COCCNc1cc(C)nc(Nc2cccc(C(F)(F)F)c2)n1. The molecule has 0 bridgehead atoms. The highest BCUT2D eigenvalue weighted by Crippen LogP contribution is 2.31. The first-order chi connectivity index (χ1) is 10.9. The number of alkyl halides is 3. The Balaban J connectivity index is 2.16. The van der Waals surface area contributed by atoms with Gasteiger partial charge in [0.05, 0.1) is 12.2 Å². The number of halogens is 3. The number of methoxy groups -OCH3 is 1. The number of nitrogens with one attached hydrogen (secondary N) is 2. The molecule has 0 saturated heterocycles. The number of rotatable bonds is 6. The summed E-state index contributed by atoms with van der Waals surface area (Å²) in [6.07, 6.45) is -4.39. The summed E-state index contributed by atoms with van der Waals surface area (Å²) in [6, 6.07) is 6.63. The van der Waals surface area contributed by atoms with Crippen molar-refractivity contribution in [2.24, 2.45) is 0 Å². The minimum Gasteiger partial charge on any atom is -0.383 e. The van der Waals surface area contributed by atoms with Gasteiger partial charge in [-0.1, -0.05) is 6.07 Å². The van der Waals surface area contributed by atoms with E-state index in [9.17, 15) is 13.2 Å². The Morgan fingerprint density at radius 3 is 2.65 bits per heavy atom. The average Bonchev–Trinajstić information content (AvgIpc) is 2.46. The predicted octanol–water partition coefficient (Wildman–Crippen LogP) is 3.61. The molecule has 0 unspecified atom stereocenters. The lowest BCUT2D eigenvalue weighted by Gasteiger charge is -2.11. The summed E-state index contributed by atoms with van der Waals surface area (Å²) >= 11 is 0. The van der Waals surface area contributed by atoms with Crippen LogP contribution in [-0.4, -0.2) is 30.2 Å². The molecule has 0 aliphatic heterocycles. The number of benzene rings is 1. The maximum atomic E-state index is 12.7. The molecule has 2 aromatic rings. The second-order valence-electron chi connectivity index (χ2n) is 4.84. The van der Waals surface area contributed by atoms with E-state index in [1.807, 2.05) is 0 Å². The number of hydrogen-bond donors (Lipinski definition) is 2. The summed E-state index contributed by atoms with van der Waals surface area (Å²) in [5.74, 6) is 0.799. The Morgan fingerprint density at radius 2 is 1.96 bits per heavy atom. The highest BCUT2D eigenvalue weighted by atomic mass is 19.4. The van der Waals surface area contributed by atoms with Gasteiger partial charge in [-0.2, -0.15) is 18.2 Å². The topological polar surface area (TPSA) is 59.1 Å². The lowest BCUT2D eigenvalue weighted by molar-refractivity contribution is -0.137. The van der Waals surface area contributed by atoms with E-state index < -0.39 is 11.7 Å². The van der Waals surface area contributed by atoms with Gasteiger partial charge in [-0.3, -0.25) is 0 Å². The van der Waals surface area contributed by atoms with Crippen LogP contribution in [0.4, 0.5) is 30.6 Å². The fourth-order valence-electron chi connectivity index (χ4n) is 1.90. The molecule has 2 rings (SSSR count). The van der Waals surface area contributed by atoms with Crippen molar-refractivity contribution >= 4 is 17.5 Å². The summed E-state index contributed by atoms with van der Waals surface area (Å²) in [4.78, 5) is 8.40. The van der Waals surface area contributed by atoms with Gasteiger partial charge < -0.3 is 15.4 Å². The second-order valence-corrected chi connectivity index (χ2v) is 4.84. The van der Waals surface area contributed by atoms with Gasteiger partial charge in [-0.15, -0.1) is 0 Å². The third-order valence-corrected chi connectivity index (χ3v) is 2.91. The Kier molecular flexibility index (Phi) is 5.38. The van der Waals surface area contributed by atoms with E-state index >= 15 is 0 Å². The quantitative estimate of drug-likeness (QED) is 0.794. The van der Waals surface area contributed by atoms with E-state index in [1.165, 1.54) is 12.1 Å². The summed E-state index contributed by atoms with van der Waals surface area (Å²) in [6.45, 7) is 2.86. The van der Waals surface area contributed by atoms with E-state index in [0.717, 1.165) is 12.1 Å². The smallest absolute Gasteiger partial charge is 0.383 e. The molecular formula is C15H17F3N4O. The zero-order valence-corrected chi connectivity index (χ0v) is 12.7. The number of hydrogen-bond acceptors (Lipinski definition) is 5. The van der Waals surface area contributed by atoms with E-state index in [-0.39, 0.29) is 11.6 Å². The van der Waals surface area contributed by atoms with Crippen molar-refractivity contribution in [3.05, 3.63) is 41.6 Å². The minimum absolute atomic E-state index is 0.226. The van der Waals surface area contributed by atoms with Crippen LogP contribution < -0.4 is 10.6 Å². The van der Waals surface area contributed by atoms with E-state index in [4.69, 9.17) is 4.74 Å². The van der Waals surface area contributed by atoms with Crippen LogP contribution in [0.5, 0.6) is 0 Å². The maximum Gasteiger partial charge on any atom is 0.416 e. The summed E-state index contributed by atoms with van der Waals surface area (Å²) in [5, 5.41) is 5.85. The molecule has 0 saturated carbocycles. The molecule has 0 aliphatic carbocycles. The molecule has 0 fully saturated rings. The lowest BCUT2D eigenvalue weighted by atomic mass is 10.2. The first kappa shape index (κ1) is 17.0. The molecule has 8 heteroatoms. The van der Waals surface area contributed by atoms with Gasteiger partial charge in [0.25, 0.3) is 0 Å². The molecule has 0 amide bonds. The van der Waals surface area contributed by atoms with Crippen molar-refractivity contribution in [2.45, 2.75) is 13.1 Å². The van der Waals surface area contributed by atoms with Crippen molar-refractivity contribution in [2.75, 3.05) is 30.9 Å². The normalized spacial score (nSPS) is 11.3. The summed E-state index contributed by atoms with van der Waals surface area (Å²) < 4.78 is 43.1. The molecule has 23 heavy (non-hydrogen) atoms. The van der Waals surface area contributed by atoms with Crippen molar-refractivity contribution in [1.82, 2.24) is 9.97 Å². The van der Waals surface area contributed by atoms with Gasteiger partial charge in [0.2, 0.25) is 5.95 Å². The first-order valence-electron chi connectivity index (χ1n) is 6.91. The largest absolute Gasteiger partial charge is 0.416 e. The summed E-state index contributed by atoms with van der Waals surface area (Å²) in [5.41, 5.74) is 0.233. The van der Waals surface area contributed by atoms with Gasteiger partial charge in [0.15, 0.2) is 0 Å². The van der Waals surface area contributed by atoms with Gasteiger partial charge >= 0.3 is 6.18 Å². The standard InChI is InChI=1S/C15H17F3N4O/c1-10-8-13(19-6-7-23-2)22-14(20-10)21-12-5-3-4-11(9-12)15(16,17)18/h3-5,8-9H,6-7H2,1-2H3,(H2,19,20,21,22). The Morgan fingerprint density at radius 1 is 1.17 bits per heavy atom. The highest BCUT2D eigenvalue weighted by Gasteiger charge is 2.30. The molecule has 0 radical (unpaired) electrons. The van der Waals surface area contributed by atoms with Crippen LogP contribution in [0.15, 0.2) is 30.3 Å². The lowest BCUT2D eigenvalue weighted by Crippen LogP contribution is -2.10. The molecule has 124 valence electrons. The molecule has 0 atom stereocenters. The zero-order valence-electron chi connectivity index (χ0n) is 12.7. The Bertz CT molecular complexity index is 661. The predicted molar refractivity (Wildman–Crippen MR) is 81.9 cm³/mol.